The zero-order chi connectivity index (χ0) is 18.8. The monoisotopic (exact) mass is 359 g/mol. The Bertz CT molecular complexity index is 1040. The number of nitrogens with one attached hydrogen (secondary N) is 2. The number of nitrogens with zero attached hydrogens (tertiary/aromatic N) is 1. The summed E-state index contributed by atoms with van der Waals surface area (Å²) < 4.78 is 0. The number of carbonyl (C=O) groups is 3. The molecule has 134 valence electrons. The van der Waals surface area contributed by atoms with Crippen molar-refractivity contribution in [2.24, 2.45) is 5.92 Å². The average Bonchev–Trinajstić information content (AvgIpc) is 2.99. The van der Waals surface area contributed by atoms with Crippen LogP contribution in [0.15, 0.2) is 60.8 Å². The van der Waals surface area contributed by atoms with Crippen molar-refractivity contribution in [2.45, 2.75) is 12.8 Å². The standard InChI is InChI=1S/C21H17N3O3/c25-19-12-16(21(27)24-19)10-13-3-5-14(6-4-13)20(26)23-17-7-8-18-15(11-17)2-1-9-22-18/h1-9,11,16H,10,12H2,(H,23,26)(H,24,25,27). The molecule has 1 unspecified atom stereocenters. The predicted molar refractivity (Wildman–Crippen MR) is 101 cm³/mol. The molecule has 2 heterocycles. The summed E-state index contributed by atoms with van der Waals surface area (Å²) in [7, 11) is 0. The topological polar surface area (TPSA) is 88.2 Å². The Labute approximate surface area is 155 Å². The second-order valence-electron chi connectivity index (χ2n) is 6.58. The number of hydrogen-bond donors (Lipinski definition) is 2. The minimum atomic E-state index is -0.330. The summed E-state index contributed by atoms with van der Waals surface area (Å²) in [5, 5.41) is 6.14. The van der Waals surface area contributed by atoms with Gasteiger partial charge in [-0.15, -0.1) is 0 Å². The largest absolute Gasteiger partial charge is 0.322 e. The lowest BCUT2D eigenvalue weighted by Crippen LogP contribution is -2.22. The summed E-state index contributed by atoms with van der Waals surface area (Å²) in [6, 6.07) is 16.4. The van der Waals surface area contributed by atoms with Crippen LogP contribution < -0.4 is 10.6 Å². The van der Waals surface area contributed by atoms with Gasteiger partial charge in [-0.3, -0.25) is 24.7 Å². The third-order valence-corrected chi connectivity index (χ3v) is 4.62. The third kappa shape index (κ3) is 3.69. The maximum absolute atomic E-state index is 12.5. The maximum Gasteiger partial charge on any atom is 0.255 e. The molecule has 1 saturated heterocycles. The maximum atomic E-state index is 12.5. The number of pyridine rings is 1. The number of amides is 3. The molecule has 2 N–H and O–H groups in total. The number of benzene rings is 2. The van der Waals surface area contributed by atoms with Gasteiger partial charge in [-0.25, -0.2) is 0 Å². The molecule has 6 heteroatoms. The lowest BCUT2D eigenvalue weighted by Gasteiger charge is -2.09. The van der Waals surface area contributed by atoms with E-state index in [1.807, 2.05) is 42.5 Å². The van der Waals surface area contributed by atoms with Gasteiger partial charge in [-0.05, 0) is 48.4 Å². The van der Waals surface area contributed by atoms with E-state index in [0.717, 1.165) is 16.5 Å². The molecular formula is C21H17N3O3. The first kappa shape index (κ1) is 16.9. The summed E-state index contributed by atoms with van der Waals surface area (Å²) in [6.07, 6.45) is 2.43. The van der Waals surface area contributed by atoms with Gasteiger partial charge in [-0.2, -0.15) is 0 Å². The van der Waals surface area contributed by atoms with Crippen LogP contribution >= 0.6 is 0 Å². The van der Waals surface area contributed by atoms with Crippen molar-refractivity contribution >= 4 is 34.3 Å². The Hall–Kier alpha value is -3.54. The molecule has 0 spiro atoms. The fourth-order valence-electron chi connectivity index (χ4n) is 3.21. The molecule has 3 aromatic rings. The molecule has 2 aromatic carbocycles. The molecule has 0 radical (unpaired) electrons. The van der Waals surface area contributed by atoms with Gasteiger partial charge in [0.05, 0.1) is 11.4 Å². The number of anilines is 1. The first-order valence-electron chi connectivity index (χ1n) is 8.67. The van der Waals surface area contributed by atoms with E-state index in [1.54, 1.807) is 18.3 Å². The molecule has 1 aliphatic rings. The van der Waals surface area contributed by atoms with Crippen molar-refractivity contribution in [3.8, 4) is 0 Å². The van der Waals surface area contributed by atoms with Gasteiger partial charge in [0.15, 0.2) is 0 Å². The van der Waals surface area contributed by atoms with Crippen LogP contribution in [0.5, 0.6) is 0 Å². The SMILES string of the molecule is O=C1CC(Cc2ccc(C(=O)Nc3ccc4ncccc4c3)cc2)C(=O)N1. The van der Waals surface area contributed by atoms with Crippen molar-refractivity contribution in [3.05, 3.63) is 71.9 Å². The molecule has 0 bridgehead atoms. The van der Waals surface area contributed by atoms with E-state index in [-0.39, 0.29) is 30.1 Å². The average molecular weight is 359 g/mol. The van der Waals surface area contributed by atoms with Gasteiger partial charge in [0, 0.05) is 29.3 Å². The Morgan fingerprint density at radius 2 is 1.93 bits per heavy atom. The third-order valence-electron chi connectivity index (χ3n) is 4.62. The van der Waals surface area contributed by atoms with Gasteiger partial charge >= 0.3 is 0 Å². The number of carbonyl (C=O) groups excluding carboxylic acids is 3. The molecule has 0 saturated carbocycles. The Morgan fingerprint density at radius 3 is 2.67 bits per heavy atom. The fourth-order valence-corrected chi connectivity index (χ4v) is 3.21. The van der Waals surface area contributed by atoms with Crippen molar-refractivity contribution in [3.63, 3.8) is 0 Å². The molecule has 3 amide bonds. The highest BCUT2D eigenvalue weighted by atomic mass is 16.2. The smallest absolute Gasteiger partial charge is 0.255 e. The molecule has 1 fully saturated rings. The zero-order valence-electron chi connectivity index (χ0n) is 14.4. The van der Waals surface area contributed by atoms with E-state index in [1.165, 1.54) is 0 Å². The van der Waals surface area contributed by atoms with Gasteiger partial charge in [0.1, 0.15) is 0 Å². The minimum absolute atomic E-state index is 0.210. The van der Waals surface area contributed by atoms with E-state index in [0.29, 0.717) is 17.7 Å². The number of fused-ring (bicyclic) bond motifs is 1. The van der Waals surface area contributed by atoms with Crippen LogP contribution in [0.1, 0.15) is 22.3 Å². The number of imide groups is 1. The lowest BCUT2D eigenvalue weighted by atomic mass is 9.97. The van der Waals surface area contributed by atoms with Crippen molar-refractivity contribution in [2.75, 3.05) is 5.32 Å². The Kier molecular flexibility index (Phi) is 4.38. The summed E-state index contributed by atoms with van der Waals surface area (Å²) in [5.74, 6) is -0.999. The Morgan fingerprint density at radius 1 is 1.11 bits per heavy atom. The van der Waals surface area contributed by atoms with Crippen LogP contribution in [0.3, 0.4) is 0 Å². The van der Waals surface area contributed by atoms with E-state index in [9.17, 15) is 14.4 Å². The summed E-state index contributed by atoms with van der Waals surface area (Å²) >= 11 is 0. The molecule has 1 aliphatic heterocycles. The summed E-state index contributed by atoms with van der Waals surface area (Å²) in [6.45, 7) is 0. The zero-order valence-corrected chi connectivity index (χ0v) is 14.4. The second-order valence-corrected chi connectivity index (χ2v) is 6.58. The van der Waals surface area contributed by atoms with Gasteiger partial charge in [-0.1, -0.05) is 18.2 Å². The summed E-state index contributed by atoms with van der Waals surface area (Å²) in [4.78, 5) is 39.6. The van der Waals surface area contributed by atoms with Crippen LogP contribution in [-0.2, 0) is 16.0 Å². The highest BCUT2D eigenvalue weighted by Crippen LogP contribution is 2.20. The van der Waals surface area contributed by atoms with Crippen molar-refractivity contribution < 1.29 is 14.4 Å². The fraction of sp³-hybridized carbons (Fsp3) is 0.143. The molecule has 27 heavy (non-hydrogen) atoms. The molecule has 1 aromatic heterocycles. The second kappa shape index (κ2) is 6.99. The van der Waals surface area contributed by atoms with Crippen molar-refractivity contribution in [1.82, 2.24) is 10.3 Å². The normalized spacial score (nSPS) is 16.4. The van der Waals surface area contributed by atoms with Crippen molar-refractivity contribution in [1.29, 1.82) is 0 Å². The van der Waals surface area contributed by atoms with Crippen LogP contribution in [0, 0.1) is 5.92 Å². The summed E-state index contributed by atoms with van der Waals surface area (Å²) in [5.41, 5.74) is 3.01. The quantitative estimate of drug-likeness (QED) is 0.701. The predicted octanol–water partition coefficient (Wildman–Crippen LogP) is 2.69. The van der Waals surface area contributed by atoms with E-state index in [2.05, 4.69) is 15.6 Å². The highest BCUT2D eigenvalue weighted by molar-refractivity contribution is 6.05. The van der Waals surface area contributed by atoms with E-state index in [4.69, 9.17) is 0 Å². The number of rotatable bonds is 4. The van der Waals surface area contributed by atoms with E-state index >= 15 is 0 Å². The van der Waals surface area contributed by atoms with Crippen LogP contribution in [0.25, 0.3) is 10.9 Å². The number of hydrogen-bond acceptors (Lipinski definition) is 4. The molecule has 6 nitrogen and oxygen atoms in total. The lowest BCUT2D eigenvalue weighted by molar-refractivity contribution is -0.125. The van der Waals surface area contributed by atoms with Crippen LogP contribution in [0.4, 0.5) is 5.69 Å². The van der Waals surface area contributed by atoms with Gasteiger partial charge in [0.25, 0.3) is 5.91 Å². The van der Waals surface area contributed by atoms with E-state index < -0.39 is 0 Å². The molecule has 0 aliphatic carbocycles. The van der Waals surface area contributed by atoms with Crippen LogP contribution in [-0.4, -0.2) is 22.7 Å². The molecule has 1 atom stereocenters. The van der Waals surface area contributed by atoms with Crippen LogP contribution in [0.2, 0.25) is 0 Å². The minimum Gasteiger partial charge on any atom is -0.322 e. The first-order valence-corrected chi connectivity index (χ1v) is 8.67. The molecule has 4 rings (SSSR count). The molecular weight excluding hydrogens is 342 g/mol. The Balaban J connectivity index is 1.44. The first-order chi connectivity index (χ1) is 13.1. The van der Waals surface area contributed by atoms with Gasteiger partial charge in [0.2, 0.25) is 11.8 Å². The van der Waals surface area contributed by atoms with Gasteiger partial charge < -0.3 is 5.32 Å². The highest BCUT2D eigenvalue weighted by Gasteiger charge is 2.30. The number of aromatic nitrogens is 1.